The van der Waals surface area contributed by atoms with E-state index in [4.69, 9.17) is 0 Å². The van der Waals surface area contributed by atoms with Crippen LogP contribution >= 0.6 is 15.9 Å². The van der Waals surface area contributed by atoms with Gasteiger partial charge in [0.15, 0.2) is 0 Å². The number of nitrogens with one attached hydrogen (secondary N) is 2. The Morgan fingerprint density at radius 2 is 2.20 bits per heavy atom. The van der Waals surface area contributed by atoms with Gasteiger partial charge < -0.3 is 10.6 Å². The normalized spacial score (nSPS) is 26.6. The smallest absolute Gasteiger partial charge is 0.247 e. The predicted octanol–water partition coefficient (Wildman–Crippen LogP) is 1.97. The van der Waals surface area contributed by atoms with E-state index in [9.17, 15) is 4.79 Å². The number of benzene rings is 1. The number of carbonyl (C=O) groups is 1. The van der Waals surface area contributed by atoms with Gasteiger partial charge in [0.25, 0.3) is 0 Å². The van der Waals surface area contributed by atoms with E-state index < -0.39 is 0 Å². The summed E-state index contributed by atoms with van der Waals surface area (Å²) in [4.78, 5) is 11.6. The summed E-state index contributed by atoms with van der Waals surface area (Å²) < 4.78 is 1.04. The number of amides is 1. The molecule has 1 aromatic carbocycles. The fourth-order valence-electron chi connectivity index (χ4n) is 2.14. The predicted molar refractivity (Wildman–Crippen MR) is 61.6 cm³/mol. The summed E-state index contributed by atoms with van der Waals surface area (Å²) >= 11 is 3.44. The van der Waals surface area contributed by atoms with Gasteiger partial charge >= 0.3 is 0 Å². The van der Waals surface area contributed by atoms with Crippen molar-refractivity contribution < 1.29 is 4.79 Å². The number of fused-ring (bicyclic) bond motifs is 3. The molecule has 0 spiro atoms. The third-order valence-electron chi connectivity index (χ3n) is 2.85. The molecule has 0 radical (unpaired) electrons. The van der Waals surface area contributed by atoms with Crippen LogP contribution in [0.25, 0.3) is 0 Å². The van der Waals surface area contributed by atoms with Gasteiger partial charge in [0.1, 0.15) is 6.04 Å². The average molecular weight is 265 g/mol. The standard InChI is InChI=1S/C11H9BrN2O/c12-6-1-2-9-8(5-6)7-3-4-13-11(15)10(7)14-9/h1-5,7,10,14H,(H,13,15). The number of carbonyl (C=O) groups excluding carboxylic acids is 1. The maximum atomic E-state index is 11.6. The average Bonchev–Trinajstić information content (AvgIpc) is 2.58. The van der Waals surface area contributed by atoms with Crippen LogP contribution in [0.5, 0.6) is 0 Å². The number of halogens is 1. The quantitative estimate of drug-likeness (QED) is 0.753. The molecule has 1 amide bonds. The van der Waals surface area contributed by atoms with Crippen molar-refractivity contribution in [1.29, 1.82) is 0 Å². The molecule has 0 bridgehead atoms. The van der Waals surface area contributed by atoms with Crippen molar-refractivity contribution in [2.75, 3.05) is 5.32 Å². The lowest BCUT2D eigenvalue weighted by Gasteiger charge is -2.19. The highest BCUT2D eigenvalue weighted by molar-refractivity contribution is 9.10. The van der Waals surface area contributed by atoms with Crippen LogP contribution in [0.2, 0.25) is 0 Å². The molecule has 2 heterocycles. The van der Waals surface area contributed by atoms with Gasteiger partial charge in [-0.3, -0.25) is 4.79 Å². The van der Waals surface area contributed by atoms with Crippen molar-refractivity contribution >= 4 is 27.5 Å². The van der Waals surface area contributed by atoms with Gasteiger partial charge in [-0.05, 0) is 23.8 Å². The fraction of sp³-hybridized carbons (Fsp3) is 0.182. The first-order valence-corrected chi connectivity index (χ1v) is 5.58. The molecule has 1 aromatic rings. The lowest BCUT2D eigenvalue weighted by Crippen LogP contribution is -2.40. The summed E-state index contributed by atoms with van der Waals surface area (Å²) in [6.07, 6.45) is 3.75. The molecule has 2 unspecified atom stereocenters. The second kappa shape index (κ2) is 3.10. The number of hydrogen-bond donors (Lipinski definition) is 2. The lowest BCUT2D eigenvalue weighted by atomic mass is 9.93. The van der Waals surface area contributed by atoms with Crippen LogP contribution in [0.3, 0.4) is 0 Å². The molecule has 0 saturated heterocycles. The van der Waals surface area contributed by atoms with Crippen molar-refractivity contribution in [1.82, 2.24) is 5.32 Å². The monoisotopic (exact) mass is 264 g/mol. The largest absolute Gasteiger partial charge is 0.373 e. The Labute approximate surface area is 95.7 Å². The second-order valence-corrected chi connectivity index (χ2v) is 4.66. The SMILES string of the molecule is O=C1NC=CC2c3cc(Br)ccc3NC12. The van der Waals surface area contributed by atoms with Crippen LogP contribution in [0, 0.1) is 0 Å². The molecule has 3 nitrogen and oxygen atoms in total. The third kappa shape index (κ3) is 1.28. The Morgan fingerprint density at radius 3 is 3.07 bits per heavy atom. The van der Waals surface area contributed by atoms with Gasteiger partial charge in [0, 0.05) is 22.3 Å². The molecule has 15 heavy (non-hydrogen) atoms. The summed E-state index contributed by atoms with van der Waals surface area (Å²) in [7, 11) is 0. The van der Waals surface area contributed by atoms with Crippen molar-refractivity contribution in [3.8, 4) is 0 Å². The van der Waals surface area contributed by atoms with Crippen LogP contribution in [0.4, 0.5) is 5.69 Å². The van der Waals surface area contributed by atoms with E-state index in [1.165, 1.54) is 5.56 Å². The summed E-state index contributed by atoms with van der Waals surface area (Å²) in [5.41, 5.74) is 2.23. The van der Waals surface area contributed by atoms with Gasteiger partial charge in [-0.2, -0.15) is 0 Å². The summed E-state index contributed by atoms with van der Waals surface area (Å²) in [6, 6.07) is 5.89. The Morgan fingerprint density at radius 1 is 1.33 bits per heavy atom. The highest BCUT2D eigenvalue weighted by Gasteiger charge is 2.36. The van der Waals surface area contributed by atoms with Crippen molar-refractivity contribution in [3.05, 3.63) is 40.5 Å². The molecule has 2 aliphatic heterocycles. The molecule has 0 aliphatic carbocycles. The molecular weight excluding hydrogens is 256 g/mol. The van der Waals surface area contributed by atoms with Gasteiger partial charge in [0.05, 0.1) is 0 Å². The van der Waals surface area contributed by atoms with Gasteiger partial charge in [0.2, 0.25) is 5.91 Å². The fourth-order valence-corrected chi connectivity index (χ4v) is 2.52. The Bertz CT molecular complexity index is 470. The summed E-state index contributed by atoms with van der Waals surface area (Å²) in [5, 5.41) is 5.94. The van der Waals surface area contributed by atoms with Crippen LogP contribution in [0.15, 0.2) is 34.9 Å². The highest BCUT2D eigenvalue weighted by Crippen LogP contribution is 2.39. The molecule has 2 aliphatic rings. The van der Waals surface area contributed by atoms with Gasteiger partial charge in [-0.15, -0.1) is 0 Å². The Hall–Kier alpha value is -1.29. The first-order chi connectivity index (χ1) is 7.25. The topological polar surface area (TPSA) is 41.1 Å². The Balaban J connectivity index is 2.11. The second-order valence-electron chi connectivity index (χ2n) is 3.75. The van der Waals surface area contributed by atoms with E-state index in [0.717, 1.165) is 10.2 Å². The zero-order chi connectivity index (χ0) is 10.4. The maximum absolute atomic E-state index is 11.6. The minimum absolute atomic E-state index is 0.0369. The zero-order valence-electron chi connectivity index (χ0n) is 7.83. The van der Waals surface area contributed by atoms with E-state index in [-0.39, 0.29) is 17.9 Å². The molecule has 0 aromatic heterocycles. The molecule has 3 rings (SSSR count). The van der Waals surface area contributed by atoms with Gasteiger partial charge in [-0.1, -0.05) is 22.0 Å². The van der Waals surface area contributed by atoms with E-state index in [1.807, 2.05) is 18.2 Å². The summed E-state index contributed by atoms with van der Waals surface area (Å²) in [6.45, 7) is 0. The molecule has 76 valence electrons. The lowest BCUT2D eigenvalue weighted by molar-refractivity contribution is -0.121. The van der Waals surface area contributed by atoms with E-state index in [1.54, 1.807) is 6.20 Å². The van der Waals surface area contributed by atoms with Crippen molar-refractivity contribution in [2.45, 2.75) is 12.0 Å². The van der Waals surface area contributed by atoms with Crippen LogP contribution in [-0.4, -0.2) is 11.9 Å². The molecular formula is C11H9BrN2O. The molecule has 0 saturated carbocycles. The number of hydrogen-bond acceptors (Lipinski definition) is 2. The molecule has 4 heteroatoms. The molecule has 2 atom stereocenters. The first-order valence-electron chi connectivity index (χ1n) is 4.79. The van der Waals surface area contributed by atoms with E-state index in [2.05, 4.69) is 32.6 Å². The number of rotatable bonds is 0. The minimum atomic E-state index is -0.153. The van der Waals surface area contributed by atoms with Crippen LogP contribution in [0.1, 0.15) is 11.5 Å². The van der Waals surface area contributed by atoms with E-state index >= 15 is 0 Å². The van der Waals surface area contributed by atoms with E-state index in [0.29, 0.717) is 0 Å². The molecule has 2 N–H and O–H groups in total. The Kier molecular flexibility index (Phi) is 1.85. The first kappa shape index (κ1) is 8.97. The number of anilines is 1. The highest BCUT2D eigenvalue weighted by atomic mass is 79.9. The van der Waals surface area contributed by atoms with Crippen LogP contribution < -0.4 is 10.6 Å². The zero-order valence-corrected chi connectivity index (χ0v) is 9.41. The minimum Gasteiger partial charge on any atom is -0.373 e. The van der Waals surface area contributed by atoms with Gasteiger partial charge in [-0.25, -0.2) is 0 Å². The maximum Gasteiger partial charge on any atom is 0.247 e. The van der Waals surface area contributed by atoms with Crippen molar-refractivity contribution in [3.63, 3.8) is 0 Å². The molecule has 0 fully saturated rings. The third-order valence-corrected chi connectivity index (χ3v) is 3.35. The van der Waals surface area contributed by atoms with Crippen molar-refractivity contribution in [2.24, 2.45) is 0 Å². The summed E-state index contributed by atoms with van der Waals surface area (Å²) in [5.74, 6) is 0.195. The van der Waals surface area contributed by atoms with Crippen LogP contribution in [-0.2, 0) is 4.79 Å².